The summed E-state index contributed by atoms with van der Waals surface area (Å²) in [5.41, 5.74) is 10.5. The number of fused-ring (bicyclic) bond motifs is 1. The second-order valence-electron chi connectivity index (χ2n) is 10.8. The van der Waals surface area contributed by atoms with Crippen LogP contribution < -0.4 is 10.1 Å². The molecule has 0 unspecified atom stereocenters. The number of carbonyl (C=O) groups excluding carboxylic acids is 1. The molecule has 0 bridgehead atoms. The first-order valence-electron chi connectivity index (χ1n) is 13.9. The highest BCUT2D eigenvalue weighted by atomic mass is 35.5. The molecule has 0 spiro atoms. The Kier molecular flexibility index (Phi) is 8.23. The second kappa shape index (κ2) is 11.9. The van der Waals surface area contributed by atoms with Crippen molar-refractivity contribution in [3.05, 3.63) is 104 Å². The van der Waals surface area contributed by atoms with E-state index in [1.54, 1.807) is 12.1 Å². The van der Waals surface area contributed by atoms with Crippen LogP contribution in [0.1, 0.15) is 56.8 Å². The minimum Gasteiger partial charge on any atom is -0.494 e. The normalized spacial score (nSPS) is 12.4. The average Bonchev–Trinajstić information content (AvgIpc) is 3.45. The number of nitrogens with zero attached hydrogens (tertiary/aromatic N) is 2. The predicted octanol–water partition coefficient (Wildman–Crippen LogP) is 7.48. The number of carboxylic acid groups (broad SMARTS) is 1. The molecule has 4 aromatic rings. The molecule has 0 radical (unpaired) electrons. The molecule has 216 valence electrons. The Morgan fingerprint density at radius 1 is 1.02 bits per heavy atom. The van der Waals surface area contributed by atoms with Crippen molar-refractivity contribution in [1.82, 2.24) is 9.78 Å². The molecule has 7 nitrogen and oxygen atoms in total. The second-order valence-corrected chi connectivity index (χ2v) is 11.2. The zero-order valence-electron chi connectivity index (χ0n) is 24.5. The molecule has 1 aliphatic rings. The van der Waals surface area contributed by atoms with E-state index in [4.69, 9.17) is 16.3 Å². The van der Waals surface area contributed by atoms with Crippen LogP contribution in [0.3, 0.4) is 0 Å². The largest absolute Gasteiger partial charge is 0.494 e. The zero-order chi connectivity index (χ0) is 30.1. The topological polar surface area (TPSA) is 93.4 Å². The van der Waals surface area contributed by atoms with Gasteiger partial charge in [0.2, 0.25) is 0 Å². The lowest BCUT2D eigenvalue weighted by Gasteiger charge is -2.13. The summed E-state index contributed by atoms with van der Waals surface area (Å²) in [6.45, 7) is 8.46. The number of nitrogens with one attached hydrogen (secondary N) is 1. The summed E-state index contributed by atoms with van der Waals surface area (Å²) in [5.74, 6) is -0.507. The van der Waals surface area contributed by atoms with E-state index >= 15 is 0 Å². The van der Waals surface area contributed by atoms with Crippen LogP contribution in [0.5, 0.6) is 5.75 Å². The monoisotopic (exact) mass is 583 g/mol. The molecule has 1 aliphatic carbocycles. The molecule has 0 fully saturated rings. The summed E-state index contributed by atoms with van der Waals surface area (Å²) >= 11 is 6.32. The van der Waals surface area contributed by atoms with E-state index in [9.17, 15) is 14.7 Å². The molecule has 1 aromatic heterocycles. The molecule has 1 heterocycles. The number of hydrogen-bond acceptors (Lipinski definition) is 4. The fraction of sp³-hybridized carbons (Fsp3) is 0.265. The van der Waals surface area contributed by atoms with Crippen LogP contribution in [0.25, 0.3) is 16.7 Å². The number of halogens is 1. The van der Waals surface area contributed by atoms with Crippen LogP contribution in [0.15, 0.2) is 60.2 Å². The van der Waals surface area contributed by atoms with Gasteiger partial charge in [0.1, 0.15) is 5.75 Å². The Hall–Kier alpha value is -4.36. The van der Waals surface area contributed by atoms with Crippen molar-refractivity contribution in [3.8, 4) is 16.9 Å². The minimum absolute atomic E-state index is 0.117. The summed E-state index contributed by atoms with van der Waals surface area (Å²) in [6.07, 6.45) is 1.82. The highest BCUT2D eigenvalue weighted by molar-refractivity contribution is 6.32. The van der Waals surface area contributed by atoms with E-state index in [0.29, 0.717) is 37.1 Å². The number of aryl methyl sites for hydroxylation is 4. The van der Waals surface area contributed by atoms with Crippen LogP contribution in [0.2, 0.25) is 5.02 Å². The summed E-state index contributed by atoms with van der Waals surface area (Å²) in [6, 6.07) is 16.4. The Labute approximate surface area is 250 Å². The molecule has 42 heavy (non-hydrogen) atoms. The summed E-state index contributed by atoms with van der Waals surface area (Å²) < 4.78 is 7.96. The van der Waals surface area contributed by atoms with Crippen LogP contribution >= 0.6 is 11.6 Å². The Balaban J connectivity index is 1.45. The summed E-state index contributed by atoms with van der Waals surface area (Å²) in [7, 11) is 1.94. The highest BCUT2D eigenvalue weighted by Crippen LogP contribution is 2.42. The Morgan fingerprint density at radius 3 is 2.38 bits per heavy atom. The maximum atomic E-state index is 13.7. The molecule has 5 rings (SSSR count). The SMILES string of the molecule is Cc1cc(OCCCC2=C(C(=O)Nc3cccc(C(=O)O)c3)Cc3c2cccc3-c2c(C)nn(C)c2C)cc(C)c1Cl. The summed E-state index contributed by atoms with van der Waals surface area (Å²) in [4.78, 5) is 25.2. The number of carboxylic acids is 1. The number of anilines is 1. The molecular formula is C34H34ClN3O4. The van der Waals surface area contributed by atoms with Crippen LogP contribution in [-0.2, 0) is 18.3 Å². The van der Waals surface area contributed by atoms with E-state index in [1.807, 2.05) is 50.7 Å². The summed E-state index contributed by atoms with van der Waals surface area (Å²) in [5, 5.41) is 17.7. The van der Waals surface area contributed by atoms with E-state index < -0.39 is 5.97 Å². The number of aromatic nitrogens is 2. The van der Waals surface area contributed by atoms with Gasteiger partial charge in [0.25, 0.3) is 5.91 Å². The number of amides is 1. The number of rotatable bonds is 9. The Morgan fingerprint density at radius 2 is 1.71 bits per heavy atom. The number of ether oxygens (including phenoxy) is 1. The third-order valence-electron chi connectivity index (χ3n) is 7.89. The maximum Gasteiger partial charge on any atom is 0.335 e. The molecule has 0 atom stereocenters. The van der Waals surface area contributed by atoms with E-state index in [-0.39, 0.29) is 11.5 Å². The lowest BCUT2D eigenvalue weighted by atomic mass is 9.93. The van der Waals surface area contributed by atoms with Crippen molar-refractivity contribution in [3.63, 3.8) is 0 Å². The lowest BCUT2D eigenvalue weighted by Crippen LogP contribution is -2.16. The van der Waals surface area contributed by atoms with Gasteiger partial charge < -0.3 is 15.2 Å². The first kappa shape index (κ1) is 29.1. The van der Waals surface area contributed by atoms with E-state index in [1.165, 1.54) is 12.1 Å². The number of carbonyl (C=O) groups is 2. The lowest BCUT2D eigenvalue weighted by molar-refractivity contribution is -0.112. The fourth-order valence-corrected chi connectivity index (χ4v) is 5.88. The van der Waals surface area contributed by atoms with Gasteiger partial charge in [-0.15, -0.1) is 0 Å². The molecule has 3 aromatic carbocycles. The average molecular weight is 584 g/mol. The van der Waals surface area contributed by atoms with Crippen molar-refractivity contribution in [2.75, 3.05) is 11.9 Å². The molecule has 2 N–H and O–H groups in total. The van der Waals surface area contributed by atoms with Crippen LogP contribution in [0, 0.1) is 27.7 Å². The molecule has 8 heteroatoms. The van der Waals surface area contributed by atoms with E-state index in [2.05, 4.69) is 29.5 Å². The highest BCUT2D eigenvalue weighted by Gasteiger charge is 2.29. The van der Waals surface area contributed by atoms with Crippen LogP contribution in [-0.4, -0.2) is 33.4 Å². The molecule has 0 aliphatic heterocycles. The zero-order valence-corrected chi connectivity index (χ0v) is 25.2. The molecule has 0 saturated carbocycles. The predicted molar refractivity (Wildman–Crippen MR) is 166 cm³/mol. The number of aromatic carboxylic acids is 1. The first-order chi connectivity index (χ1) is 20.0. The molecular weight excluding hydrogens is 550 g/mol. The van der Waals surface area contributed by atoms with Gasteiger partial charge >= 0.3 is 5.97 Å². The number of hydrogen-bond donors (Lipinski definition) is 2. The van der Waals surface area contributed by atoms with Gasteiger partial charge in [-0.1, -0.05) is 35.9 Å². The standard InChI is InChI=1S/C34H34ClN3O4/c1-19-15-25(16-20(2)32(19)35)42-14-8-13-27-26-11-7-12-28(31-21(3)37-38(5)22(31)4)29(26)18-30(27)33(39)36-24-10-6-9-23(17-24)34(40)41/h6-7,9-12,15-17H,8,13-14,18H2,1-5H3,(H,36,39)(H,40,41). The smallest absolute Gasteiger partial charge is 0.335 e. The number of allylic oxidation sites excluding steroid dienone is 1. The van der Waals surface area contributed by atoms with Gasteiger partial charge in [0, 0.05) is 41.0 Å². The maximum absolute atomic E-state index is 13.7. The Bertz CT molecular complexity index is 1730. The molecule has 1 amide bonds. The van der Waals surface area contributed by atoms with Gasteiger partial charge in [0.05, 0.1) is 17.9 Å². The van der Waals surface area contributed by atoms with E-state index in [0.717, 1.165) is 61.1 Å². The van der Waals surface area contributed by atoms with Gasteiger partial charge in [-0.2, -0.15) is 5.10 Å². The van der Waals surface area contributed by atoms with Crippen molar-refractivity contribution < 1.29 is 19.4 Å². The van der Waals surface area contributed by atoms with Crippen molar-refractivity contribution in [2.45, 2.75) is 47.0 Å². The van der Waals surface area contributed by atoms with Gasteiger partial charge in [-0.3, -0.25) is 9.48 Å². The van der Waals surface area contributed by atoms with Crippen molar-refractivity contribution in [2.24, 2.45) is 7.05 Å². The minimum atomic E-state index is -1.04. The van der Waals surface area contributed by atoms with Crippen LogP contribution in [0.4, 0.5) is 5.69 Å². The third kappa shape index (κ3) is 5.70. The van der Waals surface area contributed by atoms with Crippen molar-refractivity contribution in [1.29, 1.82) is 0 Å². The van der Waals surface area contributed by atoms with Crippen molar-refractivity contribution >= 4 is 34.7 Å². The number of benzene rings is 3. The van der Waals surface area contributed by atoms with Gasteiger partial charge in [-0.05, 0) is 104 Å². The first-order valence-corrected chi connectivity index (χ1v) is 14.3. The van der Waals surface area contributed by atoms with Gasteiger partial charge in [-0.25, -0.2) is 4.79 Å². The quantitative estimate of drug-likeness (QED) is 0.199. The fourth-order valence-electron chi connectivity index (χ4n) is 5.77. The van der Waals surface area contributed by atoms with Gasteiger partial charge in [0.15, 0.2) is 0 Å². The molecule has 0 saturated heterocycles. The third-order valence-corrected chi connectivity index (χ3v) is 8.48.